The quantitative estimate of drug-likeness (QED) is 0.550. The molecule has 4 heterocycles. The average molecular weight is 402 g/mol. The smallest absolute Gasteiger partial charge is 0.180 e. The Hall–Kier alpha value is -3.84. The average Bonchev–Trinajstić information content (AvgIpc) is 3.20. The second-order valence-corrected chi connectivity index (χ2v) is 7.24. The number of nitriles is 1. The molecule has 0 amide bonds. The van der Waals surface area contributed by atoms with Crippen molar-refractivity contribution in [3.63, 3.8) is 0 Å². The lowest BCUT2D eigenvalue weighted by Crippen LogP contribution is -2.61. The number of piperazine rings is 1. The van der Waals surface area contributed by atoms with Crippen LogP contribution in [-0.2, 0) is 0 Å². The maximum atomic E-state index is 9.16. The van der Waals surface area contributed by atoms with Gasteiger partial charge in [-0.3, -0.25) is 4.40 Å². The third-order valence-corrected chi connectivity index (χ3v) is 5.30. The lowest BCUT2D eigenvalue weighted by Gasteiger charge is -2.44. The summed E-state index contributed by atoms with van der Waals surface area (Å²) in [6, 6.07) is 4.03. The summed E-state index contributed by atoms with van der Waals surface area (Å²) in [4.78, 5) is 19.8. The van der Waals surface area contributed by atoms with Crippen LogP contribution in [-0.4, -0.2) is 55.2 Å². The van der Waals surface area contributed by atoms with E-state index in [1.165, 1.54) is 12.4 Å². The summed E-state index contributed by atoms with van der Waals surface area (Å²) in [5.41, 5.74) is 8.05. The number of aromatic nitrogens is 5. The van der Waals surface area contributed by atoms with Gasteiger partial charge in [-0.25, -0.2) is 19.9 Å². The minimum Gasteiger partial charge on any atom is -0.404 e. The largest absolute Gasteiger partial charge is 0.404 e. The van der Waals surface area contributed by atoms with Crippen LogP contribution in [0.5, 0.6) is 0 Å². The monoisotopic (exact) mass is 402 g/mol. The van der Waals surface area contributed by atoms with Crippen LogP contribution in [0.1, 0.15) is 19.5 Å². The first kappa shape index (κ1) is 19.5. The highest BCUT2D eigenvalue weighted by atomic mass is 15.3. The summed E-state index contributed by atoms with van der Waals surface area (Å²) in [5, 5.41) is 20.3. The summed E-state index contributed by atoms with van der Waals surface area (Å²) in [7, 11) is 0. The van der Waals surface area contributed by atoms with Crippen molar-refractivity contribution in [2.45, 2.75) is 32.0 Å². The highest BCUT2D eigenvalue weighted by molar-refractivity contribution is 5.78. The molecule has 1 aliphatic heterocycles. The van der Waals surface area contributed by atoms with Crippen LogP contribution in [0.15, 0.2) is 42.6 Å². The molecule has 0 radical (unpaired) electrons. The van der Waals surface area contributed by atoms with Crippen LogP contribution in [0, 0.1) is 16.7 Å². The number of nitrogens with zero attached hydrogens (tertiary/aromatic N) is 7. The lowest BCUT2D eigenvalue weighted by molar-refractivity contribution is 0.363. The van der Waals surface area contributed by atoms with E-state index in [0.29, 0.717) is 17.2 Å². The van der Waals surface area contributed by atoms with Gasteiger partial charge in [0.1, 0.15) is 17.6 Å². The molecule has 30 heavy (non-hydrogen) atoms. The van der Waals surface area contributed by atoms with Crippen molar-refractivity contribution >= 4 is 17.7 Å². The molecule has 0 bridgehead atoms. The van der Waals surface area contributed by atoms with Gasteiger partial charge < -0.3 is 21.4 Å². The fourth-order valence-corrected chi connectivity index (χ4v) is 3.80. The van der Waals surface area contributed by atoms with E-state index in [2.05, 4.69) is 39.0 Å². The molecule has 0 saturated carbocycles. The second-order valence-electron chi connectivity index (χ2n) is 7.24. The molecule has 4 rings (SSSR count). The molecule has 3 aromatic rings. The van der Waals surface area contributed by atoms with Crippen molar-refractivity contribution in [3.05, 3.63) is 48.3 Å². The van der Waals surface area contributed by atoms with Crippen LogP contribution >= 0.6 is 0 Å². The first-order chi connectivity index (χ1) is 14.5. The van der Waals surface area contributed by atoms with Gasteiger partial charge in [0.25, 0.3) is 0 Å². The minimum atomic E-state index is -0.0882. The number of nitrogens with two attached hydrogens (primary N) is 1. The van der Waals surface area contributed by atoms with Crippen molar-refractivity contribution in [2.24, 2.45) is 5.73 Å². The van der Waals surface area contributed by atoms with Gasteiger partial charge in [-0.2, -0.15) is 5.26 Å². The van der Waals surface area contributed by atoms with Crippen molar-refractivity contribution in [3.8, 4) is 17.6 Å². The molecule has 1 aliphatic rings. The van der Waals surface area contributed by atoms with Gasteiger partial charge in [0, 0.05) is 49.0 Å². The van der Waals surface area contributed by atoms with Crippen molar-refractivity contribution in [1.82, 2.24) is 29.7 Å². The van der Waals surface area contributed by atoms with Gasteiger partial charge in [-0.1, -0.05) is 0 Å². The number of nitrogens with one attached hydrogen (secondary N) is 2. The molecular formula is C20H22N10. The van der Waals surface area contributed by atoms with E-state index in [0.717, 1.165) is 17.9 Å². The van der Waals surface area contributed by atoms with Gasteiger partial charge in [-0.15, -0.1) is 0 Å². The Balaban J connectivity index is 1.73. The second kappa shape index (κ2) is 7.88. The molecule has 0 spiro atoms. The van der Waals surface area contributed by atoms with Gasteiger partial charge in [0.2, 0.25) is 0 Å². The topological polar surface area (TPSA) is 145 Å². The SMILES string of the molecule is CC1CN(c2ccnc(-c3cnc4cnc(C#N)cn34)n2)C(C)C(/C(C=N)=C/N)N1. The van der Waals surface area contributed by atoms with Crippen LogP contribution in [0.4, 0.5) is 5.82 Å². The zero-order valence-electron chi connectivity index (χ0n) is 16.7. The molecule has 1 saturated heterocycles. The van der Waals surface area contributed by atoms with E-state index in [-0.39, 0.29) is 23.8 Å². The molecule has 0 aromatic carbocycles. The van der Waals surface area contributed by atoms with Crippen LogP contribution in [0.25, 0.3) is 17.2 Å². The Kier molecular flexibility index (Phi) is 5.12. The predicted octanol–water partition coefficient (Wildman–Crippen LogP) is 1.11. The van der Waals surface area contributed by atoms with Crippen LogP contribution in [0.2, 0.25) is 0 Å². The Morgan fingerprint density at radius 3 is 2.90 bits per heavy atom. The van der Waals surface area contributed by atoms with Crippen LogP contribution < -0.4 is 16.0 Å². The molecule has 3 atom stereocenters. The summed E-state index contributed by atoms with van der Waals surface area (Å²) >= 11 is 0. The summed E-state index contributed by atoms with van der Waals surface area (Å²) < 4.78 is 1.77. The highest BCUT2D eigenvalue weighted by Gasteiger charge is 2.33. The molecule has 1 fully saturated rings. The summed E-state index contributed by atoms with van der Waals surface area (Å²) in [5.74, 6) is 1.28. The number of hydrogen-bond acceptors (Lipinski definition) is 9. The number of rotatable bonds is 4. The molecule has 3 aromatic heterocycles. The maximum absolute atomic E-state index is 9.16. The fourth-order valence-electron chi connectivity index (χ4n) is 3.80. The Morgan fingerprint density at radius 2 is 2.17 bits per heavy atom. The first-order valence-corrected chi connectivity index (χ1v) is 9.57. The standard InChI is InChI=1S/C20H22N10/c1-12-10-29(13(2)19(27-12)14(5-21)6-22)17-3-4-24-20(28-17)16-8-26-18-9-25-15(7-23)11-30(16)18/h3-6,8-9,11-13,19,21,27H,10,22H2,1-2H3/b14-6+,21-5?. The molecule has 10 nitrogen and oxygen atoms in total. The van der Waals surface area contributed by atoms with Crippen molar-refractivity contribution in [1.29, 1.82) is 10.7 Å². The zero-order valence-corrected chi connectivity index (χ0v) is 16.7. The van der Waals surface area contributed by atoms with E-state index >= 15 is 0 Å². The lowest BCUT2D eigenvalue weighted by atomic mass is 9.96. The first-order valence-electron chi connectivity index (χ1n) is 9.57. The number of imidazole rings is 1. The van der Waals surface area contributed by atoms with E-state index in [9.17, 15) is 0 Å². The fraction of sp³-hybridized carbons (Fsp3) is 0.300. The summed E-state index contributed by atoms with van der Waals surface area (Å²) in [6.45, 7) is 4.92. The van der Waals surface area contributed by atoms with E-state index < -0.39 is 0 Å². The molecule has 10 heteroatoms. The molecule has 0 aliphatic carbocycles. The number of fused-ring (bicyclic) bond motifs is 1. The molecule has 3 unspecified atom stereocenters. The van der Waals surface area contributed by atoms with Gasteiger partial charge in [0.15, 0.2) is 17.2 Å². The highest BCUT2D eigenvalue weighted by Crippen LogP contribution is 2.25. The Morgan fingerprint density at radius 1 is 1.33 bits per heavy atom. The minimum absolute atomic E-state index is 0.0249. The molecular weight excluding hydrogens is 380 g/mol. The zero-order chi connectivity index (χ0) is 21.3. The normalized spacial score (nSPS) is 22.1. The van der Waals surface area contributed by atoms with Crippen molar-refractivity contribution in [2.75, 3.05) is 11.4 Å². The van der Waals surface area contributed by atoms with Gasteiger partial charge >= 0.3 is 0 Å². The van der Waals surface area contributed by atoms with Gasteiger partial charge in [-0.05, 0) is 19.9 Å². The number of anilines is 1. The molecule has 152 valence electrons. The van der Waals surface area contributed by atoms with E-state index in [1.54, 1.807) is 29.2 Å². The Bertz CT molecular complexity index is 1160. The Labute approximate surface area is 173 Å². The third kappa shape index (κ3) is 3.35. The van der Waals surface area contributed by atoms with Crippen molar-refractivity contribution < 1.29 is 0 Å². The maximum Gasteiger partial charge on any atom is 0.180 e. The predicted molar refractivity (Wildman–Crippen MR) is 113 cm³/mol. The number of hydrogen-bond donors (Lipinski definition) is 3. The van der Waals surface area contributed by atoms with Crippen LogP contribution in [0.3, 0.4) is 0 Å². The molecule has 4 N–H and O–H groups in total. The van der Waals surface area contributed by atoms with Gasteiger partial charge in [0.05, 0.1) is 18.4 Å². The third-order valence-electron chi connectivity index (χ3n) is 5.30. The summed E-state index contributed by atoms with van der Waals surface area (Å²) in [6.07, 6.45) is 9.33. The van der Waals surface area contributed by atoms with E-state index in [4.69, 9.17) is 21.4 Å². The van der Waals surface area contributed by atoms with E-state index in [1.807, 2.05) is 12.1 Å².